The molecule has 2 fully saturated rings. The predicted molar refractivity (Wildman–Crippen MR) is 108 cm³/mol. The van der Waals surface area contributed by atoms with E-state index in [1.807, 2.05) is 16.8 Å². The zero-order valence-corrected chi connectivity index (χ0v) is 16.7. The molecular weight excluding hydrogens is 366 g/mol. The van der Waals surface area contributed by atoms with E-state index in [1.54, 1.807) is 11.0 Å². The van der Waals surface area contributed by atoms with Gasteiger partial charge in [0.05, 0.1) is 4.91 Å². The van der Waals surface area contributed by atoms with Gasteiger partial charge < -0.3 is 9.47 Å². The van der Waals surface area contributed by atoms with Gasteiger partial charge in [0.1, 0.15) is 4.32 Å². The molecule has 0 N–H and O–H groups in total. The van der Waals surface area contributed by atoms with Crippen molar-refractivity contribution in [3.63, 3.8) is 0 Å². The zero-order valence-electron chi connectivity index (χ0n) is 15.1. The van der Waals surface area contributed by atoms with Crippen molar-refractivity contribution in [3.05, 3.63) is 45.4 Å². The number of rotatable bonds is 3. The first-order chi connectivity index (χ1) is 12.4. The van der Waals surface area contributed by atoms with Gasteiger partial charge in [-0.1, -0.05) is 43.9 Å². The Hall–Kier alpha value is -1.60. The van der Waals surface area contributed by atoms with E-state index in [0.29, 0.717) is 28.6 Å². The van der Waals surface area contributed by atoms with Crippen LogP contribution in [0.5, 0.6) is 0 Å². The monoisotopic (exact) mass is 389 g/mol. The normalized spacial score (nSPS) is 26.8. The SMILES string of the molecule is CC(C)CN1C(=O)/C(=C/N2C[C@@H]3C[C@H](C2)c2cccc(=O)n2C3)SC1=S. The molecule has 0 aromatic carbocycles. The average Bonchev–Trinajstić information content (AvgIpc) is 2.83. The highest BCUT2D eigenvalue weighted by Crippen LogP contribution is 2.37. The molecule has 2 atom stereocenters. The van der Waals surface area contributed by atoms with E-state index in [-0.39, 0.29) is 11.5 Å². The number of hydrogen-bond donors (Lipinski definition) is 0. The molecule has 0 unspecified atom stereocenters. The van der Waals surface area contributed by atoms with Gasteiger partial charge in [0.25, 0.3) is 11.5 Å². The summed E-state index contributed by atoms with van der Waals surface area (Å²) in [5.41, 5.74) is 1.22. The fourth-order valence-corrected chi connectivity index (χ4v) is 5.50. The fourth-order valence-electron chi connectivity index (χ4n) is 4.22. The van der Waals surface area contributed by atoms with Crippen LogP contribution in [0.1, 0.15) is 31.9 Å². The van der Waals surface area contributed by atoms with Gasteiger partial charge in [-0.3, -0.25) is 14.5 Å². The minimum atomic E-state index is 0.0288. The van der Waals surface area contributed by atoms with Crippen LogP contribution in [0.25, 0.3) is 0 Å². The number of thioether (sulfide) groups is 1. The van der Waals surface area contributed by atoms with Crippen LogP contribution in [0.4, 0.5) is 0 Å². The van der Waals surface area contributed by atoms with Gasteiger partial charge in [0, 0.05) is 50.1 Å². The van der Waals surface area contributed by atoms with Crippen LogP contribution in [0.3, 0.4) is 0 Å². The predicted octanol–water partition coefficient (Wildman–Crippen LogP) is 2.63. The third-order valence-corrected chi connectivity index (χ3v) is 6.59. The van der Waals surface area contributed by atoms with Gasteiger partial charge in [-0.2, -0.15) is 0 Å². The number of likely N-dealkylation sites (tertiary alicyclic amines) is 1. The summed E-state index contributed by atoms with van der Waals surface area (Å²) in [7, 11) is 0. The molecule has 138 valence electrons. The van der Waals surface area contributed by atoms with E-state index >= 15 is 0 Å². The Morgan fingerprint density at radius 2 is 2.08 bits per heavy atom. The van der Waals surface area contributed by atoms with E-state index in [1.165, 1.54) is 11.8 Å². The van der Waals surface area contributed by atoms with Crippen LogP contribution in [0.2, 0.25) is 0 Å². The smallest absolute Gasteiger partial charge is 0.267 e. The molecule has 0 saturated carbocycles. The van der Waals surface area contributed by atoms with Crippen LogP contribution in [-0.4, -0.2) is 44.2 Å². The molecule has 4 heterocycles. The number of piperidine rings is 1. The standard InChI is InChI=1S/C19H23N3O2S2/c1-12(2)7-22-18(24)16(26-19(22)25)11-20-8-13-6-14(10-20)15-4-3-5-17(23)21(15)9-13/h3-5,11-14H,6-10H2,1-2H3/b16-11-/t13-,14+/m0/s1. The molecule has 4 rings (SSSR count). The summed E-state index contributed by atoms with van der Waals surface area (Å²) < 4.78 is 2.59. The number of fused-ring (bicyclic) bond motifs is 4. The second-order valence-electron chi connectivity index (χ2n) is 7.82. The summed E-state index contributed by atoms with van der Waals surface area (Å²) in [5.74, 6) is 1.20. The van der Waals surface area contributed by atoms with Crippen LogP contribution >= 0.6 is 24.0 Å². The fraction of sp³-hybridized carbons (Fsp3) is 0.526. The van der Waals surface area contributed by atoms with Crippen molar-refractivity contribution >= 4 is 34.2 Å². The van der Waals surface area contributed by atoms with Crippen molar-refractivity contribution in [3.8, 4) is 0 Å². The van der Waals surface area contributed by atoms with Gasteiger partial charge in [0.15, 0.2) is 0 Å². The van der Waals surface area contributed by atoms with Crippen molar-refractivity contribution in [1.29, 1.82) is 0 Å². The second kappa shape index (κ2) is 6.85. The van der Waals surface area contributed by atoms with Gasteiger partial charge >= 0.3 is 0 Å². The van der Waals surface area contributed by atoms with E-state index in [2.05, 4.69) is 24.8 Å². The Morgan fingerprint density at radius 1 is 1.27 bits per heavy atom. The van der Waals surface area contributed by atoms with Crippen molar-refractivity contribution in [2.75, 3.05) is 19.6 Å². The molecule has 2 saturated heterocycles. The molecule has 1 aromatic rings. The molecule has 1 amide bonds. The van der Waals surface area contributed by atoms with Crippen LogP contribution < -0.4 is 5.56 Å². The largest absolute Gasteiger partial charge is 0.375 e. The molecular formula is C19H23N3O2S2. The van der Waals surface area contributed by atoms with Crippen molar-refractivity contribution in [2.45, 2.75) is 32.7 Å². The first-order valence-corrected chi connectivity index (χ1v) is 10.3. The minimum Gasteiger partial charge on any atom is -0.375 e. The molecule has 1 aromatic heterocycles. The van der Waals surface area contributed by atoms with E-state index in [4.69, 9.17) is 12.2 Å². The van der Waals surface area contributed by atoms with E-state index in [9.17, 15) is 9.59 Å². The molecule has 26 heavy (non-hydrogen) atoms. The lowest BCUT2D eigenvalue weighted by Crippen LogP contribution is -2.45. The third-order valence-electron chi connectivity index (χ3n) is 5.23. The summed E-state index contributed by atoms with van der Waals surface area (Å²) in [6, 6.07) is 5.56. The minimum absolute atomic E-state index is 0.0288. The summed E-state index contributed by atoms with van der Waals surface area (Å²) >= 11 is 6.80. The number of aromatic nitrogens is 1. The molecule has 0 aliphatic carbocycles. The van der Waals surface area contributed by atoms with E-state index < -0.39 is 0 Å². The quantitative estimate of drug-likeness (QED) is 0.587. The first kappa shape index (κ1) is 17.8. The number of thiocarbonyl (C=S) groups is 1. The summed E-state index contributed by atoms with van der Waals surface area (Å²) in [6.07, 6.45) is 3.11. The molecule has 7 heteroatoms. The van der Waals surface area contributed by atoms with Crippen LogP contribution in [-0.2, 0) is 11.3 Å². The maximum Gasteiger partial charge on any atom is 0.267 e. The van der Waals surface area contributed by atoms with E-state index in [0.717, 1.165) is 36.7 Å². The molecule has 2 bridgehead atoms. The Morgan fingerprint density at radius 3 is 2.85 bits per heavy atom. The lowest BCUT2D eigenvalue weighted by Gasteiger charge is -2.42. The topological polar surface area (TPSA) is 45.6 Å². The number of pyridine rings is 1. The highest BCUT2D eigenvalue weighted by atomic mass is 32.2. The Balaban J connectivity index is 1.54. The number of hydrogen-bond acceptors (Lipinski definition) is 5. The van der Waals surface area contributed by atoms with Gasteiger partial charge in [-0.15, -0.1) is 0 Å². The van der Waals surface area contributed by atoms with Crippen molar-refractivity contribution in [1.82, 2.24) is 14.4 Å². The molecule has 3 aliphatic heterocycles. The molecule has 0 radical (unpaired) electrons. The number of carbonyl (C=O) groups is 1. The maximum atomic E-state index is 12.7. The maximum absolute atomic E-state index is 12.7. The summed E-state index contributed by atoms with van der Waals surface area (Å²) in [6.45, 7) is 7.34. The van der Waals surface area contributed by atoms with Crippen LogP contribution in [0.15, 0.2) is 34.1 Å². The molecule has 5 nitrogen and oxygen atoms in total. The average molecular weight is 390 g/mol. The lowest BCUT2D eigenvalue weighted by molar-refractivity contribution is -0.122. The van der Waals surface area contributed by atoms with Crippen molar-refractivity contribution in [2.24, 2.45) is 11.8 Å². The number of nitrogens with zero attached hydrogens (tertiary/aromatic N) is 3. The number of carbonyl (C=O) groups excluding carboxylic acids is 1. The lowest BCUT2D eigenvalue weighted by atomic mass is 9.83. The summed E-state index contributed by atoms with van der Waals surface area (Å²) in [4.78, 5) is 29.5. The number of amides is 1. The third kappa shape index (κ3) is 3.22. The Kier molecular flexibility index (Phi) is 4.69. The van der Waals surface area contributed by atoms with Gasteiger partial charge in [0.2, 0.25) is 0 Å². The van der Waals surface area contributed by atoms with Crippen molar-refractivity contribution < 1.29 is 4.79 Å². The molecule has 0 spiro atoms. The van der Waals surface area contributed by atoms with Gasteiger partial charge in [-0.05, 0) is 24.3 Å². The molecule has 3 aliphatic rings. The highest BCUT2D eigenvalue weighted by Gasteiger charge is 2.36. The second-order valence-corrected chi connectivity index (χ2v) is 9.50. The summed E-state index contributed by atoms with van der Waals surface area (Å²) in [5, 5.41) is 0. The van der Waals surface area contributed by atoms with Gasteiger partial charge in [-0.25, -0.2) is 0 Å². The zero-order chi connectivity index (χ0) is 18.4. The first-order valence-electron chi connectivity index (χ1n) is 9.11. The Labute approximate surface area is 163 Å². The van der Waals surface area contributed by atoms with Crippen LogP contribution in [0, 0.1) is 11.8 Å². The highest BCUT2D eigenvalue weighted by molar-refractivity contribution is 8.26. The Bertz CT molecular complexity index is 845.